The second-order valence-corrected chi connectivity index (χ2v) is 6.80. The van der Waals surface area contributed by atoms with Gasteiger partial charge < -0.3 is 14.4 Å². The summed E-state index contributed by atoms with van der Waals surface area (Å²) in [4.78, 5) is 11.2. The standard InChI is InChI=1S/C20H19N7O/c28-14-15-3-4-20-22-17(11-26(20)10-15)12-27-13-19(23-24-27)16-7-18(9-21-8-16)25-5-1-2-6-25/h1-4,7-11,13,28H,5-6,12,14H2. The number of pyridine rings is 2. The molecule has 0 aliphatic carbocycles. The van der Waals surface area contributed by atoms with Crippen LogP contribution in [0.15, 0.2) is 61.3 Å². The van der Waals surface area contributed by atoms with Crippen molar-refractivity contribution in [1.82, 2.24) is 29.4 Å². The highest BCUT2D eigenvalue weighted by atomic mass is 16.3. The molecule has 0 amide bonds. The van der Waals surface area contributed by atoms with Crippen molar-refractivity contribution in [1.29, 1.82) is 0 Å². The maximum Gasteiger partial charge on any atom is 0.137 e. The Bertz CT molecular complexity index is 1150. The third-order valence-corrected chi connectivity index (χ3v) is 4.81. The van der Waals surface area contributed by atoms with Crippen molar-refractivity contribution in [3.05, 3.63) is 72.6 Å². The summed E-state index contributed by atoms with van der Waals surface area (Å²) in [5.74, 6) is 0. The first kappa shape index (κ1) is 16.6. The van der Waals surface area contributed by atoms with E-state index in [-0.39, 0.29) is 6.61 Å². The van der Waals surface area contributed by atoms with Crippen molar-refractivity contribution in [2.45, 2.75) is 13.2 Å². The normalized spacial score (nSPS) is 13.7. The van der Waals surface area contributed by atoms with E-state index in [1.165, 1.54) is 0 Å². The van der Waals surface area contributed by atoms with Crippen LogP contribution in [-0.4, -0.2) is 47.6 Å². The first-order valence-electron chi connectivity index (χ1n) is 9.11. The van der Waals surface area contributed by atoms with E-state index in [2.05, 4.69) is 43.4 Å². The van der Waals surface area contributed by atoms with Gasteiger partial charge in [-0.3, -0.25) is 4.98 Å². The van der Waals surface area contributed by atoms with Gasteiger partial charge in [0, 0.05) is 37.2 Å². The fraction of sp³-hybridized carbons (Fsp3) is 0.200. The highest BCUT2D eigenvalue weighted by molar-refractivity contribution is 5.63. The van der Waals surface area contributed by atoms with E-state index in [0.29, 0.717) is 6.54 Å². The number of hydrogen-bond acceptors (Lipinski definition) is 6. The van der Waals surface area contributed by atoms with Crippen molar-refractivity contribution in [3.63, 3.8) is 0 Å². The molecule has 28 heavy (non-hydrogen) atoms. The molecule has 140 valence electrons. The molecule has 0 bridgehead atoms. The zero-order chi connectivity index (χ0) is 18.9. The lowest BCUT2D eigenvalue weighted by Crippen LogP contribution is -2.18. The molecule has 0 spiro atoms. The predicted molar refractivity (Wildman–Crippen MR) is 105 cm³/mol. The van der Waals surface area contributed by atoms with Gasteiger partial charge in [-0.1, -0.05) is 23.4 Å². The van der Waals surface area contributed by atoms with Gasteiger partial charge in [0.15, 0.2) is 0 Å². The molecule has 0 saturated heterocycles. The molecule has 5 rings (SSSR count). The first-order valence-corrected chi connectivity index (χ1v) is 9.11. The summed E-state index contributed by atoms with van der Waals surface area (Å²) in [6.45, 7) is 2.34. The summed E-state index contributed by atoms with van der Waals surface area (Å²) in [6.07, 6.45) is 13.7. The summed E-state index contributed by atoms with van der Waals surface area (Å²) >= 11 is 0. The Hall–Kier alpha value is -3.52. The molecular formula is C20H19N7O. The number of aromatic nitrogens is 6. The minimum absolute atomic E-state index is 0.0104. The first-order chi connectivity index (χ1) is 13.8. The van der Waals surface area contributed by atoms with Gasteiger partial charge in [-0.2, -0.15) is 0 Å². The Balaban J connectivity index is 1.37. The van der Waals surface area contributed by atoms with Gasteiger partial charge in [0.1, 0.15) is 11.3 Å². The van der Waals surface area contributed by atoms with Crippen molar-refractivity contribution < 1.29 is 5.11 Å². The quantitative estimate of drug-likeness (QED) is 0.538. The molecule has 1 aliphatic heterocycles. The van der Waals surface area contributed by atoms with Crippen LogP contribution >= 0.6 is 0 Å². The molecule has 0 radical (unpaired) electrons. The van der Waals surface area contributed by atoms with E-state index in [4.69, 9.17) is 0 Å². The Morgan fingerprint density at radius 3 is 2.79 bits per heavy atom. The summed E-state index contributed by atoms with van der Waals surface area (Å²) in [7, 11) is 0. The molecule has 5 heterocycles. The lowest BCUT2D eigenvalue weighted by molar-refractivity contribution is 0.281. The minimum Gasteiger partial charge on any atom is -0.392 e. The van der Waals surface area contributed by atoms with Crippen molar-refractivity contribution in [3.8, 4) is 11.3 Å². The zero-order valence-corrected chi connectivity index (χ0v) is 15.2. The molecule has 1 aliphatic rings. The van der Waals surface area contributed by atoms with Crippen LogP contribution in [0.2, 0.25) is 0 Å². The van der Waals surface area contributed by atoms with Crippen LogP contribution in [0, 0.1) is 0 Å². The minimum atomic E-state index is 0.0104. The summed E-state index contributed by atoms with van der Waals surface area (Å²) in [5.41, 5.74) is 5.37. The number of aliphatic hydroxyl groups excluding tert-OH is 1. The van der Waals surface area contributed by atoms with Crippen LogP contribution in [0.4, 0.5) is 5.69 Å². The van der Waals surface area contributed by atoms with Crippen LogP contribution in [0.1, 0.15) is 11.3 Å². The van der Waals surface area contributed by atoms with Gasteiger partial charge >= 0.3 is 0 Å². The number of fused-ring (bicyclic) bond motifs is 1. The number of hydrogen-bond donors (Lipinski definition) is 1. The van der Waals surface area contributed by atoms with E-state index in [1.807, 2.05) is 47.5 Å². The van der Waals surface area contributed by atoms with E-state index in [0.717, 1.165) is 46.9 Å². The highest BCUT2D eigenvalue weighted by Crippen LogP contribution is 2.23. The van der Waals surface area contributed by atoms with Crippen molar-refractivity contribution >= 4 is 11.3 Å². The topological polar surface area (TPSA) is 84.4 Å². The van der Waals surface area contributed by atoms with Crippen LogP contribution in [0.5, 0.6) is 0 Å². The Labute approximate surface area is 161 Å². The zero-order valence-electron chi connectivity index (χ0n) is 15.2. The van der Waals surface area contributed by atoms with Gasteiger partial charge in [0.25, 0.3) is 0 Å². The average molecular weight is 373 g/mol. The van der Waals surface area contributed by atoms with Gasteiger partial charge in [-0.05, 0) is 17.7 Å². The predicted octanol–water partition coefficient (Wildman–Crippen LogP) is 1.90. The summed E-state index contributed by atoms with van der Waals surface area (Å²) < 4.78 is 3.68. The molecule has 0 fully saturated rings. The molecule has 0 aromatic carbocycles. The molecule has 8 heteroatoms. The molecule has 4 aromatic rings. The highest BCUT2D eigenvalue weighted by Gasteiger charge is 2.12. The molecular weight excluding hydrogens is 354 g/mol. The van der Waals surface area contributed by atoms with E-state index < -0.39 is 0 Å². The van der Waals surface area contributed by atoms with Crippen molar-refractivity contribution in [2.75, 3.05) is 18.0 Å². The fourth-order valence-corrected chi connectivity index (χ4v) is 3.36. The monoisotopic (exact) mass is 373 g/mol. The number of anilines is 1. The van der Waals surface area contributed by atoms with Crippen molar-refractivity contribution in [2.24, 2.45) is 0 Å². The summed E-state index contributed by atoms with van der Waals surface area (Å²) in [6, 6.07) is 5.86. The SMILES string of the molecule is OCc1ccc2nc(Cn3cc(-c4cncc(N5CC=CC5)c4)nn3)cn2c1. The largest absolute Gasteiger partial charge is 0.392 e. The Morgan fingerprint density at radius 1 is 1.04 bits per heavy atom. The lowest BCUT2D eigenvalue weighted by atomic mass is 10.2. The third kappa shape index (κ3) is 3.14. The molecule has 1 N–H and O–H groups in total. The van der Waals surface area contributed by atoms with E-state index >= 15 is 0 Å². The van der Waals surface area contributed by atoms with Gasteiger partial charge in [-0.15, -0.1) is 5.10 Å². The molecule has 0 atom stereocenters. The fourth-order valence-electron chi connectivity index (χ4n) is 3.36. The van der Waals surface area contributed by atoms with Gasteiger partial charge in [0.05, 0.1) is 36.9 Å². The van der Waals surface area contributed by atoms with Crippen LogP contribution in [-0.2, 0) is 13.2 Å². The molecule has 8 nitrogen and oxygen atoms in total. The maximum atomic E-state index is 9.27. The lowest BCUT2D eigenvalue weighted by Gasteiger charge is -2.17. The molecule has 0 unspecified atom stereocenters. The number of imidazole rings is 1. The van der Waals surface area contributed by atoms with Crippen LogP contribution in [0.3, 0.4) is 0 Å². The second kappa shape index (κ2) is 6.90. The molecule has 4 aromatic heterocycles. The number of aliphatic hydroxyl groups is 1. The maximum absolute atomic E-state index is 9.27. The van der Waals surface area contributed by atoms with Crippen LogP contribution < -0.4 is 4.90 Å². The van der Waals surface area contributed by atoms with E-state index in [9.17, 15) is 5.11 Å². The number of rotatable bonds is 5. The average Bonchev–Trinajstić information content (AvgIpc) is 3.48. The van der Waals surface area contributed by atoms with E-state index in [1.54, 1.807) is 4.68 Å². The number of nitrogens with zero attached hydrogens (tertiary/aromatic N) is 7. The Morgan fingerprint density at radius 2 is 1.93 bits per heavy atom. The second-order valence-electron chi connectivity index (χ2n) is 6.80. The van der Waals surface area contributed by atoms with Gasteiger partial charge in [-0.25, -0.2) is 9.67 Å². The summed E-state index contributed by atoms with van der Waals surface area (Å²) in [5, 5.41) is 17.8. The third-order valence-electron chi connectivity index (χ3n) is 4.81. The van der Waals surface area contributed by atoms with Crippen LogP contribution in [0.25, 0.3) is 16.9 Å². The molecule has 0 saturated carbocycles. The van der Waals surface area contributed by atoms with Gasteiger partial charge in [0.2, 0.25) is 0 Å². The Kier molecular flexibility index (Phi) is 4.10. The smallest absolute Gasteiger partial charge is 0.137 e.